The minimum atomic E-state index is -0.511. The van der Waals surface area contributed by atoms with Crippen LogP contribution in [0, 0.1) is 10.1 Å². The molecule has 0 unspecified atom stereocenters. The maximum Gasteiger partial charge on any atom is 0.295 e. The number of nitrogens with one attached hydrogen (secondary N) is 3. The van der Waals surface area contributed by atoms with E-state index < -0.39 is 4.92 Å². The Kier molecular flexibility index (Phi) is 7.75. The monoisotopic (exact) mass is 451 g/mol. The average Bonchev–Trinajstić information content (AvgIpc) is 2.72. The summed E-state index contributed by atoms with van der Waals surface area (Å²) in [4.78, 5) is 25.1. The summed E-state index contributed by atoms with van der Waals surface area (Å²) in [6.07, 6.45) is 1.31. The molecule has 1 amide bonds. The third-order valence-corrected chi connectivity index (χ3v) is 5.77. The van der Waals surface area contributed by atoms with E-state index in [0.29, 0.717) is 17.1 Å². The van der Waals surface area contributed by atoms with Crippen molar-refractivity contribution in [2.24, 2.45) is 5.10 Å². The maximum absolute atomic E-state index is 12.2. The van der Waals surface area contributed by atoms with Gasteiger partial charge >= 0.3 is 0 Å². The van der Waals surface area contributed by atoms with Gasteiger partial charge in [0.05, 0.1) is 11.1 Å². The lowest BCUT2D eigenvalue weighted by Gasteiger charge is -2.29. The molecule has 8 nitrogen and oxygen atoms in total. The van der Waals surface area contributed by atoms with Crippen molar-refractivity contribution in [1.29, 1.82) is 0 Å². The fourth-order valence-corrected chi connectivity index (χ4v) is 3.77. The summed E-state index contributed by atoms with van der Waals surface area (Å²) in [6, 6.07) is 11.9. The highest BCUT2D eigenvalue weighted by molar-refractivity contribution is 6.33. The van der Waals surface area contributed by atoms with Gasteiger partial charge in [0.2, 0.25) is 0 Å². The predicted molar refractivity (Wildman–Crippen MR) is 115 cm³/mol. The Morgan fingerprint density at radius 1 is 1.10 bits per heavy atom. The van der Waals surface area contributed by atoms with Gasteiger partial charge in [-0.2, -0.15) is 5.10 Å². The number of hydrogen-bond donors (Lipinski definition) is 3. The van der Waals surface area contributed by atoms with Crippen LogP contribution in [0.4, 0.5) is 5.69 Å². The highest BCUT2D eigenvalue weighted by Gasteiger charge is 2.25. The number of hydrazone groups is 1. The van der Waals surface area contributed by atoms with Crippen molar-refractivity contribution in [2.45, 2.75) is 6.54 Å². The molecule has 0 spiro atoms. The Morgan fingerprint density at radius 3 is 2.50 bits per heavy atom. The molecular formula is C20H23Cl2N5O3+2. The van der Waals surface area contributed by atoms with E-state index in [-0.39, 0.29) is 11.6 Å². The minimum absolute atomic E-state index is 0.0891. The second-order valence-corrected chi connectivity index (χ2v) is 8.02. The fraction of sp³-hybridized carbons (Fsp3) is 0.300. The number of quaternary nitrogens is 2. The minimum Gasteiger partial charge on any atom is -0.322 e. The quantitative estimate of drug-likeness (QED) is 0.321. The normalized spacial score (nSPS) is 19.0. The summed E-state index contributed by atoms with van der Waals surface area (Å²) >= 11 is 12.3. The summed E-state index contributed by atoms with van der Waals surface area (Å²) < 4.78 is 0. The number of piperazine rings is 1. The van der Waals surface area contributed by atoms with Crippen LogP contribution in [-0.4, -0.2) is 49.8 Å². The van der Waals surface area contributed by atoms with Crippen molar-refractivity contribution >= 4 is 41.0 Å². The molecule has 1 aliphatic heterocycles. The van der Waals surface area contributed by atoms with Crippen LogP contribution >= 0.6 is 23.2 Å². The summed E-state index contributed by atoms with van der Waals surface area (Å²) in [7, 11) is 0. The van der Waals surface area contributed by atoms with Crippen LogP contribution in [-0.2, 0) is 11.3 Å². The van der Waals surface area contributed by atoms with Crippen molar-refractivity contribution in [3.8, 4) is 0 Å². The molecule has 1 heterocycles. The molecule has 2 aromatic carbocycles. The molecule has 0 atom stereocenters. The Hall–Kier alpha value is -2.52. The van der Waals surface area contributed by atoms with Gasteiger partial charge in [-0.25, -0.2) is 5.43 Å². The topological polar surface area (TPSA) is 93.5 Å². The summed E-state index contributed by atoms with van der Waals surface area (Å²) in [6.45, 7) is 4.88. The number of rotatable bonds is 7. The third-order valence-electron chi connectivity index (χ3n) is 5.06. The second-order valence-electron chi connectivity index (χ2n) is 7.20. The molecule has 2 aromatic rings. The van der Waals surface area contributed by atoms with Crippen molar-refractivity contribution in [1.82, 2.24) is 5.43 Å². The molecule has 0 bridgehead atoms. The van der Waals surface area contributed by atoms with Crippen LogP contribution in [0.25, 0.3) is 0 Å². The number of amides is 1. The molecule has 3 rings (SSSR count). The van der Waals surface area contributed by atoms with Gasteiger partial charge in [-0.05, 0) is 12.1 Å². The SMILES string of the molecule is O=C(C[NH+]1CC[NH+](Cc2ccccc2Cl)CC1)NN=Cc1cc([N+](=O)[O-])ccc1Cl. The highest BCUT2D eigenvalue weighted by atomic mass is 35.5. The lowest BCUT2D eigenvalue weighted by Crippen LogP contribution is -3.28. The van der Waals surface area contributed by atoms with E-state index in [9.17, 15) is 14.9 Å². The second kappa shape index (κ2) is 10.5. The van der Waals surface area contributed by atoms with Crippen molar-refractivity contribution in [3.05, 3.63) is 73.8 Å². The van der Waals surface area contributed by atoms with E-state index in [1.807, 2.05) is 24.3 Å². The Balaban J connectivity index is 1.44. The van der Waals surface area contributed by atoms with Gasteiger partial charge in [0, 0.05) is 33.3 Å². The Bertz CT molecular complexity index is 946. The molecule has 0 radical (unpaired) electrons. The number of hydrogen-bond acceptors (Lipinski definition) is 4. The molecule has 0 saturated carbocycles. The molecule has 1 saturated heterocycles. The van der Waals surface area contributed by atoms with Gasteiger partial charge in [0.1, 0.15) is 32.7 Å². The van der Waals surface area contributed by atoms with E-state index in [0.717, 1.165) is 43.3 Å². The van der Waals surface area contributed by atoms with Gasteiger partial charge < -0.3 is 9.80 Å². The molecular weight excluding hydrogens is 429 g/mol. The summed E-state index contributed by atoms with van der Waals surface area (Å²) in [5, 5.41) is 15.8. The number of carbonyl (C=O) groups excluding carboxylic acids is 1. The molecule has 0 aromatic heterocycles. The van der Waals surface area contributed by atoms with Crippen molar-refractivity contribution < 1.29 is 19.5 Å². The average molecular weight is 452 g/mol. The number of non-ortho nitro benzene ring substituents is 1. The standard InChI is InChI=1S/C20H21Cl2N5O3/c21-18-4-2-1-3-15(18)13-25-7-9-26(10-8-25)14-20(28)24-23-12-16-11-17(27(29)30)5-6-19(16)22/h1-6,11-12H,7-10,13-14H2,(H,24,28)/p+2. The van der Waals surface area contributed by atoms with Crippen LogP contribution in [0.3, 0.4) is 0 Å². The molecule has 30 heavy (non-hydrogen) atoms. The highest BCUT2D eigenvalue weighted by Crippen LogP contribution is 2.20. The molecule has 10 heteroatoms. The number of carbonyl (C=O) groups is 1. The molecule has 3 N–H and O–H groups in total. The molecule has 158 valence electrons. The predicted octanol–water partition coefficient (Wildman–Crippen LogP) is 0.335. The first-order chi connectivity index (χ1) is 14.4. The number of benzene rings is 2. The van der Waals surface area contributed by atoms with E-state index in [4.69, 9.17) is 23.2 Å². The number of nitro benzene ring substituents is 1. The summed E-state index contributed by atoms with van der Waals surface area (Å²) in [5.41, 5.74) is 3.89. The zero-order chi connectivity index (χ0) is 21.5. The van der Waals surface area contributed by atoms with E-state index in [2.05, 4.69) is 10.5 Å². The number of nitrogens with zero attached hydrogens (tertiary/aromatic N) is 2. The lowest BCUT2D eigenvalue weighted by atomic mass is 10.2. The zero-order valence-corrected chi connectivity index (χ0v) is 17.7. The van der Waals surface area contributed by atoms with Gasteiger partial charge in [-0.3, -0.25) is 14.9 Å². The van der Waals surface area contributed by atoms with E-state index >= 15 is 0 Å². The number of nitro groups is 1. The lowest BCUT2D eigenvalue weighted by molar-refractivity contribution is -1.02. The van der Waals surface area contributed by atoms with Crippen molar-refractivity contribution in [3.63, 3.8) is 0 Å². The van der Waals surface area contributed by atoms with Crippen LogP contribution in [0.5, 0.6) is 0 Å². The smallest absolute Gasteiger partial charge is 0.295 e. The van der Waals surface area contributed by atoms with E-state index in [1.165, 1.54) is 34.2 Å². The molecule has 1 fully saturated rings. The van der Waals surface area contributed by atoms with Crippen LogP contribution in [0.2, 0.25) is 10.0 Å². The first-order valence-electron chi connectivity index (χ1n) is 9.59. The van der Waals surface area contributed by atoms with Gasteiger partial charge in [0.25, 0.3) is 11.6 Å². The first kappa shape index (κ1) is 22.2. The van der Waals surface area contributed by atoms with Gasteiger partial charge in [0.15, 0.2) is 6.54 Å². The summed E-state index contributed by atoms with van der Waals surface area (Å²) in [5.74, 6) is -0.211. The third kappa shape index (κ3) is 6.24. The van der Waals surface area contributed by atoms with Gasteiger partial charge in [-0.15, -0.1) is 0 Å². The first-order valence-corrected chi connectivity index (χ1v) is 10.3. The van der Waals surface area contributed by atoms with E-state index in [1.54, 1.807) is 0 Å². The fourth-order valence-electron chi connectivity index (χ4n) is 3.41. The van der Waals surface area contributed by atoms with Crippen LogP contribution < -0.4 is 15.2 Å². The molecule has 0 aliphatic carbocycles. The zero-order valence-electron chi connectivity index (χ0n) is 16.2. The Morgan fingerprint density at radius 2 is 1.80 bits per heavy atom. The van der Waals surface area contributed by atoms with Crippen LogP contribution in [0.1, 0.15) is 11.1 Å². The Labute approximate surface area is 184 Å². The maximum atomic E-state index is 12.2. The van der Waals surface area contributed by atoms with Crippen molar-refractivity contribution in [2.75, 3.05) is 32.7 Å². The number of halogens is 2. The van der Waals surface area contributed by atoms with Crippen LogP contribution in [0.15, 0.2) is 47.6 Å². The largest absolute Gasteiger partial charge is 0.322 e. The van der Waals surface area contributed by atoms with Gasteiger partial charge in [-0.1, -0.05) is 41.4 Å². The molecule has 1 aliphatic rings.